The molecule has 0 N–H and O–H groups in total. The van der Waals surface area contributed by atoms with E-state index in [2.05, 4.69) is 42.5 Å². The van der Waals surface area contributed by atoms with Gasteiger partial charge in [-0.05, 0) is 0 Å². The molecule has 1 fully saturated rings. The summed E-state index contributed by atoms with van der Waals surface area (Å²) in [5.41, 5.74) is 1.46. The number of hydrogen-bond acceptors (Lipinski definition) is 0. The van der Waals surface area contributed by atoms with Gasteiger partial charge in [-0.2, -0.15) is 0 Å². The Labute approximate surface area is 114 Å². The molecule has 0 saturated heterocycles. The van der Waals surface area contributed by atoms with E-state index in [4.69, 9.17) is 0 Å². The van der Waals surface area contributed by atoms with Crippen molar-refractivity contribution in [3.8, 4) is 0 Å². The van der Waals surface area contributed by atoms with E-state index in [1.165, 1.54) is 37.7 Å². The zero-order valence-electron chi connectivity index (χ0n) is 10.1. The van der Waals surface area contributed by atoms with Gasteiger partial charge in [0.05, 0.1) is 0 Å². The molecule has 1 aliphatic carbocycles. The molecule has 0 atom stereocenters. The molecule has 0 radical (unpaired) electrons. The van der Waals surface area contributed by atoms with E-state index < -0.39 is 0 Å². The molecule has 88 valence electrons. The van der Waals surface area contributed by atoms with Crippen LogP contribution in [0.5, 0.6) is 0 Å². The third-order valence-corrected chi connectivity index (χ3v) is 7.39. The van der Waals surface area contributed by atoms with Crippen LogP contribution in [0.2, 0.25) is 0 Å². The van der Waals surface area contributed by atoms with Gasteiger partial charge in [0.1, 0.15) is 0 Å². The topological polar surface area (TPSA) is 0 Å². The SMILES string of the molecule is C1=Cc2ccccc2[Te]C(C2CCCCC2)=C1. The summed E-state index contributed by atoms with van der Waals surface area (Å²) < 4.78 is 3.42. The minimum absolute atomic E-state index is 0.122. The van der Waals surface area contributed by atoms with E-state index in [-0.39, 0.29) is 20.9 Å². The molecule has 1 aromatic rings. The Bertz CT molecular complexity index is 450. The van der Waals surface area contributed by atoms with Crippen LogP contribution in [0.25, 0.3) is 6.08 Å². The Hall–Kier alpha value is -0.510. The van der Waals surface area contributed by atoms with Crippen molar-refractivity contribution < 1.29 is 0 Å². The Balaban J connectivity index is 1.84. The first kappa shape index (κ1) is 11.6. The Morgan fingerprint density at radius 2 is 1.82 bits per heavy atom. The van der Waals surface area contributed by atoms with Gasteiger partial charge in [-0.3, -0.25) is 0 Å². The third kappa shape index (κ3) is 2.67. The molecule has 0 aromatic heterocycles. The van der Waals surface area contributed by atoms with Crippen molar-refractivity contribution in [2.45, 2.75) is 32.1 Å². The molecule has 0 amide bonds. The Morgan fingerprint density at radius 3 is 2.71 bits per heavy atom. The van der Waals surface area contributed by atoms with Gasteiger partial charge in [0, 0.05) is 0 Å². The van der Waals surface area contributed by atoms with Gasteiger partial charge in [-0.1, -0.05) is 0 Å². The van der Waals surface area contributed by atoms with Gasteiger partial charge >= 0.3 is 114 Å². The van der Waals surface area contributed by atoms with Crippen molar-refractivity contribution in [2.24, 2.45) is 5.92 Å². The first-order valence-electron chi connectivity index (χ1n) is 6.58. The van der Waals surface area contributed by atoms with Crippen LogP contribution >= 0.6 is 0 Å². The summed E-state index contributed by atoms with van der Waals surface area (Å²) in [7, 11) is 0. The first-order chi connectivity index (χ1) is 8.43. The maximum absolute atomic E-state index is 2.43. The summed E-state index contributed by atoms with van der Waals surface area (Å²) in [5.74, 6) is 0.905. The van der Waals surface area contributed by atoms with E-state index in [1.54, 1.807) is 7.23 Å². The number of hydrogen-bond donors (Lipinski definition) is 0. The molecule has 0 bridgehead atoms. The van der Waals surface area contributed by atoms with Crippen LogP contribution in [0.3, 0.4) is 0 Å². The minimum atomic E-state index is -0.122. The van der Waals surface area contributed by atoms with Gasteiger partial charge in [0.2, 0.25) is 0 Å². The molecule has 1 heterocycles. The van der Waals surface area contributed by atoms with Crippen LogP contribution in [-0.4, -0.2) is 20.9 Å². The second-order valence-electron chi connectivity index (χ2n) is 4.90. The number of allylic oxidation sites excluding steroid dienone is 3. The second kappa shape index (κ2) is 5.42. The number of rotatable bonds is 1. The molecule has 17 heavy (non-hydrogen) atoms. The fourth-order valence-electron chi connectivity index (χ4n) is 2.73. The standard InChI is InChI=1S/C16H18Te/c1-2-7-13(8-3-1)16-12-6-10-14-9-4-5-11-15(14)17-16/h4-6,9-13H,1-3,7-8H2. The zero-order valence-corrected chi connectivity index (χ0v) is 12.4. The van der Waals surface area contributed by atoms with Crippen molar-refractivity contribution >= 4 is 30.6 Å². The summed E-state index contributed by atoms with van der Waals surface area (Å²) in [5, 5.41) is 0. The van der Waals surface area contributed by atoms with Crippen LogP contribution < -0.4 is 3.61 Å². The van der Waals surface area contributed by atoms with Gasteiger partial charge in [-0.15, -0.1) is 0 Å². The fraction of sp³-hybridized carbons (Fsp3) is 0.375. The van der Waals surface area contributed by atoms with Crippen molar-refractivity contribution in [1.82, 2.24) is 0 Å². The fourth-order valence-corrected chi connectivity index (χ4v) is 6.16. The molecule has 1 saturated carbocycles. The number of benzene rings is 1. The molecule has 1 aliphatic heterocycles. The normalized spacial score (nSPS) is 20.6. The van der Waals surface area contributed by atoms with Gasteiger partial charge in [-0.25, -0.2) is 0 Å². The molecule has 1 aromatic carbocycles. The second-order valence-corrected chi connectivity index (χ2v) is 8.09. The summed E-state index contributed by atoms with van der Waals surface area (Å²) >= 11 is -0.122. The van der Waals surface area contributed by atoms with Gasteiger partial charge in [0.15, 0.2) is 0 Å². The molecule has 2 aliphatic rings. The molecule has 0 unspecified atom stereocenters. The average Bonchev–Trinajstić information content (AvgIpc) is 2.62. The monoisotopic (exact) mass is 340 g/mol. The van der Waals surface area contributed by atoms with Crippen LogP contribution in [-0.2, 0) is 0 Å². The summed E-state index contributed by atoms with van der Waals surface area (Å²) in [6.45, 7) is 0. The Morgan fingerprint density at radius 1 is 1.00 bits per heavy atom. The molecular formula is C16H18Te. The molecule has 3 rings (SSSR count). The summed E-state index contributed by atoms with van der Waals surface area (Å²) in [6, 6.07) is 8.95. The zero-order chi connectivity index (χ0) is 11.5. The Kier molecular flexibility index (Phi) is 3.69. The van der Waals surface area contributed by atoms with Crippen LogP contribution in [0.1, 0.15) is 37.7 Å². The summed E-state index contributed by atoms with van der Waals surface area (Å²) in [6.07, 6.45) is 14.2. The molecular weight excluding hydrogens is 320 g/mol. The van der Waals surface area contributed by atoms with Crippen LogP contribution in [0, 0.1) is 5.92 Å². The van der Waals surface area contributed by atoms with Crippen molar-refractivity contribution in [1.29, 1.82) is 0 Å². The van der Waals surface area contributed by atoms with E-state index in [0.717, 1.165) is 5.92 Å². The quantitative estimate of drug-likeness (QED) is 0.688. The van der Waals surface area contributed by atoms with Crippen molar-refractivity contribution in [3.63, 3.8) is 0 Å². The molecule has 0 nitrogen and oxygen atoms in total. The summed E-state index contributed by atoms with van der Waals surface area (Å²) in [4.78, 5) is 0. The predicted molar refractivity (Wildman–Crippen MR) is 75.5 cm³/mol. The molecule has 1 heteroatoms. The van der Waals surface area contributed by atoms with E-state index in [1.807, 2.05) is 0 Å². The van der Waals surface area contributed by atoms with Crippen molar-refractivity contribution in [3.05, 3.63) is 45.6 Å². The average molecular weight is 338 g/mol. The van der Waals surface area contributed by atoms with E-state index in [9.17, 15) is 0 Å². The maximum atomic E-state index is 2.43. The first-order valence-corrected chi connectivity index (χ1v) is 8.92. The van der Waals surface area contributed by atoms with E-state index in [0.29, 0.717) is 0 Å². The van der Waals surface area contributed by atoms with Crippen molar-refractivity contribution in [2.75, 3.05) is 0 Å². The van der Waals surface area contributed by atoms with Crippen LogP contribution in [0.15, 0.2) is 40.0 Å². The third-order valence-electron chi connectivity index (χ3n) is 3.69. The number of fused-ring (bicyclic) bond motifs is 1. The predicted octanol–water partition coefficient (Wildman–Crippen LogP) is 3.51. The van der Waals surface area contributed by atoms with E-state index >= 15 is 0 Å². The van der Waals surface area contributed by atoms with Gasteiger partial charge in [0.25, 0.3) is 0 Å². The van der Waals surface area contributed by atoms with Crippen LogP contribution in [0.4, 0.5) is 0 Å². The molecule has 0 spiro atoms. The van der Waals surface area contributed by atoms with Gasteiger partial charge < -0.3 is 0 Å².